The predicted molar refractivity (Wildman–Crippen MR) is 106 cm³/mol. The number of aryl methyl sites for hydroxylation is 1. The van der Waals surface area contributed by atoms with Gasteiger partial charge in [0, 0.05) is 30.6 Å². The zero-order valence-electron chi connectivity index (χ0n) is 15.3. The lowest BCUT2D eigenvalue weighted by Crippen LogP contribution is -2.40. The van der Waals surface area contributed by atoms with E-state index in [0.717, 1.165) is 24.0 Å². The average Bonchev–Trinajstić information content (AvgIpc) is 3.12. The zero-order chi connectivity index (χ0) is 18.8. The molecule has 0 aliphatic heterocycles. The van der Waals surface area contributed by atoms with Crippen molar-refractivity contribution < 1.29 is 5.11 Å². The lowest BCUT2D eigenvalue weighted by molar-refractivity contribution is 0.106. The van der Waals surface area contributed by atoms with Crippen LogP contribution in [0.4, 0.5) is 5.69 Å². The summed E-state index contributed by atoms with van der Waals surface area (Å²) in [5.74, 6) is 0.360. The van der Waals surface area contributed by atoms with Crippen molar-refractivity contribution >= 4 is 5.69 Å². The third kappa shape index (κ3) is 3.80. The van der Waals surface area contributed by atoms with Crippen LogP contribution in [0.15, 0.2) is 59.8 Å². The van der Waals surface area contributed by atoms with E-state index < -0.39 is 6.10 Å². The molecule has 2 aromatic heterocycles. The topological polar surface area (TPSA) is 82.9 Å². The van der Waals surface area contributed by atoms with Gasteiger partial charge >= 0.3 is 0 Å². The monoisotopic (exact) mass is 364 g/mol. The van der Waals surface area contributed by atoms with Crippen molar-refractivity contribution in [3.8, 4) is 11.1 Å². The number of aromatic nitrogens is 3. The third-order valence-corrected chi connectivity index (χ3v) is 5.37. The Kier molecular flexibility index (Phi) is 4.81. The van der Waals surface area contributed by atoms with Gasteiger partial charge < -0.3 is 15.4 Å². The summed E-state index contributed by atoms with van der Waals surface area (Å²) in [6.07, 6.45) is 7.35. The van der Waals surface area contributed by atoms with Gasteiger partial charge in [-0.3, -0.25) is 9.48 Å². The number of benzene rings is 1. The number of aromatic amines is 1. The van der Waals surface area contributed by atoms with Crippen LogP contribution in [0.25, 0.3) is 11.1 Å². The largest absolute Gasteiger partial charge is 0.391 e. The minimum absolute atomic E-state index is 0.129. The molecule has 6 heteroatoms. The van der Waals surface area contributed by atoms with E-state index in [1.165, 1.54) is 5.56 Å². The molecule has 27 heavy (non-hydrogen) atoms. The maximum atomic E-state index is 12.3. The molecule has 3 aromatic rings. The fraction of sp³-hybridized carbons (Fsp3) is 0.333. The van der Waals surface area contributed by atoms with Gasteiger partial charge in [-0.25, -0.2) is 0 Å². The van der Waals surface area contributed by atoms with Gasteiger partial charge in [-0.1, -0.05) is 30.3 Å². The van der Waals surface area contributed by atoms with Crippen molar-refractivity contribution in [3.05, 3.63) is 70.9 Å². The maximum absolute atomic E-state index is 12.3. The lowest BCUT2D eigenvalue weighted by atomic mass is 9.80. The van der Waals surface area contributed by atoms with Crippen LogP contribution in [-0.4, -0.2) is 32.0 Å². The Morgan fingerprint density at radius 2 is 2.04 bits per heavy atom. The van der Waals surface area contributed by atoms with E-state index in [9.17, 15) is 9.90 Å². The summed E-state index contributed by atoms with van der Waals surface area (Å²) < 4.78 is 1.72. The fourth-order valence-corrected chi connectivity index (χ4v) is 3.87. The molecule has 1 fully saturated rings. The fourth-order valence-electron chi connectivity index (χ4n) is 3.87. The van der Waals surface area contributed by atoms with Gasteiger partial charge in [-0.2, -0.15) is 5.10 Å². The van der Waals surface area contributed by atoms with E-state index >= 15 is 0 Å². The number of H-pyrrole nitrogens is 1. The van der Waals surface area contributed by atoms with Crippen molar-refractivity contribution in [1.29, 1.82) is 0 Å². The highest BCUT2D eigenvalue weighted by atomic mass is 16.3. The van der Waals surface area contributed by atoms with E-state index in [1.54, 1.807) is 17.1 Å². The molecule has 140 valence electrons. The Bertz CT molecular complexity index is 964. The molecule has 4 rings (SSSR count). The standard InChI is InChI=1S/C21H24N4O2/c1-25-13-17(12-23-25)16-9-19(21(27)22-11-16)24-18-8-7-15(10-20(18)26)14-5-3-2-4-6-14/h2-6,9,11-13,15,18,20,24,26H,7-8,10H2,1H3,(H,22,27)/t15-,18?,20?/m0/s1. The second-order valence-electron chi connectivity index (χ2n) is 7.27. The van der Waals surface area contributed by atoms with E-state index in [2.05, 4.69) is 27.5 Å². The first kappa shape index (κ1) is 17.5. The smallest absolute Gasteiger partial charge is 0.271 e. The van der Waals surface area contributed by atoms with E-state index in [4.69, 9.17) is 0 Å². The SMILES string of the molecule is Cn1cc(-c2c[nH]c(=O)c(NC3CC[C@H](c4ccccc4)CC3O)c2)cn1. The minimum Gasteiger partial charge on any atom is -0.391 e. The Labute approximate surface area is 157 Å². The molecule has 0 saturated heterocycles. The number of nitrogens with zero attached hydrogens (tertiary/aromatic N) is 2. The van der Waals surface area contributed by atoms with Gasteiger partial charge in [0.25, 0.3) is 5.56 Å². The van der Waals surface area contributed by atoms with Crippen molar-refractivity contribution in [2.24, 2.45) is 7.05 Å². The van der Waals surface area contributed by atoms with Gasteiger partial charge in [-0.15, -0.1) is 0 Å². The molecule has 0 radical (unpaired) electrons. The van der Waals surface area contributed by atoms with Crippen molar-refractivity contribution in [3.63, 3.8) is 0 Å². The van der Waals surface area contributed by atoms with Crippen LogP contribution in [0.5, 0.6) is 0 Å². The molecule has 2 unspecified atom stereocenters. The quantitative estimate of drug-likeness (QED) is 0.665. The summed E-state index contributed by atoms with van der Waals surface area (Å²) >= 11 is 0. The van der Waals surface area contributed by atoms with Crippen LogP contribution >= 0.6 is 0 Å². The molecule has 0 bridgehead atoms. The van der Waals surface area contributed by atoms with Crippen LogP contribution < -0.4 is 10.9 Å². The number of aliphatic hydroxyl groups excluding tert-OH is 1. The number of hydrogen-bond acceptors (Lipinski definition) is 4. The average molecular weight is 364 g/mol. The molecule has 0 amide bonds. The summed E-state index contributed by atoms with van der Waals surface area (Å²) in [5, 5.41) is 18.1. The second kappa shape index (κ2) is 7.40. The summed E-state index contributed by atoms with van der Waals surface area (Å²) in [7, 11) is 1.86. The van der Waals surface area contributed by atoms with Crippen LogP contribution in [-0.2, 0) is 7.05 Å². The van der Waals surface area contributed by atoms with Crippen molar-refractivity contribution in [1.82, 2.24) is 14.8 Å². The summed E-state index contributed by atoms with van der Waals surface area (Å²) in [6, 6.07) is 12.0. The van der Waals surface area contributed by atoms with Gasteiger partial charge in [-0.05, 0) is 36.8 Å². The first-order chi connectivity index (χ1) is 13.1. The number of aliphatic hydroxyl groups is 1. The minimum atomic E-state index is -0.495. The highest BCUT2D eigenvalue weighted by Crippen LogP contribution is 2.34. The van der Waals surface area contributed by atoms with E-state index in [0.29, 0.717) is 18.0 Å². The second-order valence-corrected chi connectivity index (χ2v) is 7.27. The molecular formula is C21H24N4O2. The summed E-state index contributed by atoms with van der Waals surface area (Å²) in [5.41, 5.74) is 3.40. The maximum Gasteiger partial charge on any atom is 0.271 e. The van der Waals surface area contributed by atoms with Crippen molar-refractivity contribution in [2.45, 2.75) is 37.3 Å². The van der Waals surface area contributed by atoms with Gasteiger partial charge in [0.2, 0.25) is 0 Å². The third-order valence-electron chi connectivity index (χ3n) is 5.37. The Hall–Kier alpha value is -2.86. The first-order valence-electron chi connectivity index (χ1n) is 9.31. The lowest BCUT2D eigenvalue weighted by Gasteiger charge is -2.34. The molecule has 2 heterocycles. The molecular weight excluding hydrogens is 340 g/mol. The molecule has 3 N–H and O–H groups in total. The summed E-state index contributed by atoms with van der Waals surface area (Å²) in [4.78, 5) is 15.0. The van der Waals surface area contributed by atoms with Crippen LogP contribution in [0.1, 0.15) is 30.7 Å². The molecule has 1 saturated carbocycles. The molecule has 6 nitrogen and oxygen atoms in total. The molecule has 1 aliphatic rings. The van der Waals surface area contributed by atoms with Crippen molar-refractivity contribution in [2.75, 3.05) is 5.32 Å². The summed E-state index contributed by atoms with van der Waals surface area (Å²) in [6.45, 7) is 0. The Balaban J connectivity index is 1.49. The number of nitrogens with one attached hydrogen (secondary N) is 2. The van der Waals surface area contributed by atoms with Gasteiger partial charge in [0.1, 0.15) is 5.69 Å². The molecule has 0 spiro atoms. The van der Waals surface area contributed by atoms with Crippen LogP contribution in [0, 0.1) is 0 Å². The van der Waals surface area contributed by atoms with Crippen LogP contribution in [0.2, 0.25) is 0 Å². The normalized spacial score (nSPS) is 22.5. The number of anilines is 1. The van der Waals surface area contributed by atoms with E-state index in [1.807, 2.05) is 37.5 Å². The van der Waals surface area contributed by atoms with Gasteiger partial charge in [0.15, 0.2) is 0 Å². The molecule has 1 aromatic carbocycles. The molecule has 1 aliphatic carbocycles. The number of hydrogen-bond donors (Lipinski definition) is 3. The number of rotatable bonds is 4. The van der Waals surface area contributed by atoms with Gasteiger partial charge in [0.05, 0.1) is 18.3 Å². The zero-order valence-corrected chi connectivity index (χ0v) is 15.3. The first-order valence-corrected chi connectivity index (χ1v) is 9.31. The highest BCUT2D eigenvalue weighted by molar-refractivity contribution is 5.65. The molecule has 3 atom stereocenters. The highest BCUT2D eigenvalue weighted by Gasteiger charge is 2.30. The van der Waals surface area contributed by atoms with E-state index in [-0.39, 0.29) is 11.6 Å². The number of pyridine rings is 1. The Morgan fingerprint density at radius 3 is 2.74 bits per heavy atom. The Morgan fingerprint density at radius 1 is 1.22 bits per heavy atom. The van der Waals surface area contributed by atoms with Crippen LogP contribution in [0.3, 0.4) is 0 Å². The predicted octanol–water partition coefficient (Wildman–Crippen LogP) is 2.88.